The number of nitrogens with one attached hydrogen (secondary N) is 1. The Morgan fingerprint density at radius 3 is 2.82 bits per heavy atom. The third-order valence-corrected chi connectivity index (χ3v) is 5.09. The van der Waals surface area contributed by atoms with Crippen molar-refractivity contribution in [1.82, 2.24) is 14.9 Å². The molecule has 0 saturated carbocycles. The lowest BCUT2D eigenvalue weighted by atomic mass is 10.1. The van der Waals surface area contributed by atoms with Gasteiger partial charge in [-0.05, 0) is 30.4 Å². The maximum Gasteiger partial charge on any atom is 0.331 e. The Hall–Kier alpha value is -2.70. The minimum Gasteiger partial charge on any atom is -0.338 e. The fourth-order valence-electron chi connectivity index (χ4n) is 3.88. The van der Waals surface area contributed by atoms with E-state index in [1.807, 2.05) is 13.0 Å². The molecule has 0 saturated heterocycles. The highest BCUT2D eigenvalue weighted by molar-refractivity contribution is 6.18. The van der Waals surface area contributed by atoms with Crippen LogP contribution < -0.4 is 4.90 Å². The molecule has 1 aromatic heterocycles. The van der Waals surface area contributed by atoms with E-state index < -0.39 is 0 Å². The van der Waals surface area contributed by atoms with Crippen LogP contribution in [0.4, 0.5) is 15.0 Å². The van der Waals surface area contributed by atoms with Crippen molar-refractivity contribution in [3.05, 3.63) is 47.2 Å². The van der Waals surface area contributed by atoms with E-state index in [2.05, 4.69) is 18.8 Å². The predicted octanol–water partition coefficient (Wildman–Crippen LogP) is 3.77. The van der Waals surface area contributed by atoms with E-state index in [0.29, 0.717) is 42.6 Å². The van der Waals surface area contributed by atoms with Crippen LogP contribution in [0.15, 0.2) is 29.3 Å². The van der Waals surface area contributed by atoms with Gasteiger partial charge in [0.1, 0.15) is 17.3 Å². The molecule has 1 atom stereocenters. The lowest BCUT2D eigenvalue weighted by Crippen LogP contribution is -2.50. The van der Waals surface area contributed by atoms with E-state index in [0.717, 1.165) is 24.4 Å². The second-order valence-electron chi connectivity index (χ2n) is 7.93. The molecule has 0 radical (unpaired) electrons. The van der Waals surface area contributed by atoms with Gasteiger partial charge in [0.25, 0.3) is 0 Å². The van der Waals surface area contributed by atoms with Gasteiger partial charge in [0.05, 0.1) is 12.6 Å². The fourth-order valence-corrected chi connectivity index (χ4v) is 3.88. The number of amides is 2. The highest BCUT2D eigenvalue weighted by atomic mass is 19.1. The van der Waals surface area contributed by atoms with Crippen LogP contribution in [-0.4, -0.2) is 45.9 Å². The van der Waals surface area contributed by atoms with E-state index >= 15 is 0 Å². The molecule has 2 aliphatic heterocycles. The standard InChI is InChI=1S/C21H26FN5O/c1-4-9-26-20-18(24-17(25-20)10-13(2)3)19-23-15(12-27(19)21(26)28)11-14-7-5-6-8-16(14)22/h5-8,13,15H,4,9-12H2,1-3H3,(H,24,25). The van der Waals surface area contributed by atoms with Crippen LogP contribution >= 0.6 is 0 Å². The fraction of sp³-hybridized carbons (Fsp3) is 0.476. The number of anilines is 1. The van der Waals surface area contributed by atoms with Crippen molar-refractivity contribution in [2.45, 2.75) is 46.1 Å². The van der Waals surface area contributed by atoms with Gasteiger partial charge in [-0.1, -0.05) is 39.0 Å². The van der Waals surface area contributed by atoms with Gasteiger partial charge in [-0.3, -0.25) is 14.8 Å². The zero-order valence-electron chi connectivity index (χ0n) is 16.6. The topological polar surface area (TPSA) is 64.6 Å². The van der Waals surface area contributed by atoms with E-state index in [1.54, 1.807) is 21.9 Å². The largest absolute Gasteiger partial charge is 0.338 e. The van der Waals surface area contributed by atoms with Crippen molar-refractivity contribution in [2.75, 3.05) is 18.0 Å². The molecule has 4 rings (SSSR count). The molecule has 1 unspecified atom stereocenters. The summed E-state index contributed by atoms with van der Waals surface area (Å²) in [4.78, 5) is 29.4. The molecule has 6 nitrogen and oxygen atoms in total. The highest BCUT2D eigenvalue weighted by Gasteiger charge is 2.42. The van der Waals surface area contributed by atoms with Crippen LogP contribution in [0.2, 0.25) is 0 Å². The quantitative estimate of drug-likeness (QED) is 0.825. The molecule has 0 aliphatic carbocycles. The number of aromatic nitrogens is 2. The van der Waals surface area contributed by atoms with Gasteiger partial charge in [-0.2, -0.15) is 0 Å². The number of urea groups is 1. The number of rotatable bonds is 6. The maximum absolute atomic E-state index is 14.1. The summed E-state index contributed by atoms with van der Waals surface area (Å²) in [6.07, 6.45) is 2.12. The first-order valence-corrected chi connectivity index (χ1v) is 9.97. The molecular formula is C21H26FN5O. The Morgan fingerprint density at radius 2 is 2.11 bits per heavy atom. The van der Waals surface area contributed by atoms with Gasteiger partial charge in [-0.15, -0.1) is 0 Å². The Labute approximate surface area is 164 Å². The molecule has 0 bridgehead atoms. The maximum atomic E-state index is 14.1. The summed E-state index contributed by atoms with van der Waals surface area (Å²) in [6.45, 7) is 7.39. The summed E-state index contributed by atoms with van der Waals surface area (Å²) in [5, 5.41) is 0. The van der Waals surface area contributed by atoms with E-state index in [9.17, 15) is 9.18 Å². The van der Waals surface area contributed by atoms with Crippen molar-refractivity contribution in [3.63, 3.8) is 0 Å². The number of aliphatic imine (C=N–C) groups is 1. The van der Waals surface area contributed by atoms with Crippen molar-refractivity contribution in [1.29, 1.82) is 0 Å². The van der Waals surface area contributed by atoms with E-state index in [-0.39, 0.29) is 17.9 Å². The van der Waals surface area contributed by atoms with Gasteiger partial charge in [0.2, 0.25) is 0 Å². The van der Waals surface area contributed by atoms with Gasteiger partial charge in [0.15, 0.2) is 11.7 Å². The molecule has 2 aliphatic rings. The number of imidazole rings is 1. The summed E-state index contributed by atoms with van der Waals surface area (Å²) in [5.74, 6) is 2.41. The Balaban J connectivity index is 1.68. The van der Waals surface area contributed by atoms with Gasteiger partial charge >= 0.3 is 6.03 Å². The van der Waals surface area contributed by atoms with E-state index in [1.165, 1.54) is 6.07 Å². The summed E-state index contributed by atoms with van der Waals surface area (Å²) in [7, 11) is 0. The molecule has 0 spiro atoms. The van der Waals surface area contributed by atoms with Gasteiger partial charge in [0, 0.05) is 13.0 Å². The number of hydrogen-bond donors (Lipinski definition) is 1. The smallest absolute Gasteiger partial charge is 0.331 e. The normalized spacial score (nSPS) is 18.5. The second-order valence-corrected chi connectivity index (χ2v) is 7.93. The lowest BCUT2D eigenvalue weighted by Gasteiger charge is -2.32. The number of carbonyl (C=O) groups excluding carboxylic acids is 1. The number of H-pyrrole nitrogens is 1. The molecule has 1 N–H and O–H groups in total. The third-order valence-electron chi connectivity index (χ3n) is 5.09. The van der Waals surface area contributed by atoms with Crippen LogP contribution in [0.1, 0.15) is 44.3 Å². The number of aromatic amines is 1. The first-order chi connectivity index (χ1) is 13.5. The monoisotopic (exact) mass is 383 g/mol. The summed E-state index contributed by atoms with van der Waals surface area (Å²) >= 11 is 0. The average molecular weight is 383 g/mol. The number of amidine groups is 1. The molecule has 28 heavy (non-hydrogen) atoms. The number of benzene rings is 1. The minimum absolute atomic E-state index is 0.0910. The lowest BCUT2D eigenvalue weighted by molar-refractivity contribution is 0.226. The average Bonchev–Trinajstić information content (AvgIpc) is 3.24. The Morgan fingerprint density at radius 1 is 1.32 bits per heavy atom. The van der Waals surface area contributed by atoms with Crippen LogP contribution in [0.25, 0.3) is 0 Å². The molecule has 148 valence electrons. The zero-order valence-corrected chi connectivity index (χ0v) is 16.6. The number of nitrogens with zero attached hydrogens (tertiary/aromatic N) is 4. The number of carbonyl (C=O) groups is 1. The highest BCUT2D eigenvalue weighted by Crippen LogP contribution is 2.32. The van der Waals surface area contributed by atoms with Crippen molar-refractivity contribution < 1.29 is 9.18 Å². The Bertz CT molecular complexity index is 919. The van der Waals surface area contributed by atoms with Gasteiger partial charge < -0.3 is 4.98 Å². The van der Waals surface area contributed by atoms with E-state index in [4.69, 9.17) is 9.98 Å². The van der Waals surface area contributed by atoms with Crippen LogP contribution in [0, 0.1) is 11.7 Å². The summed E-state index contributed by atoms with van der Waals surface area (Å²) in [6, 6.07) is 6.49. The summed E-state index contributed by atoms with van der Waals surface area (Å²) in [5.41, 5.74) is 1.43. The second kappa shape index (κ2) is 7.37. The van der Waals surface area contributed by atoms with Crippen LogP contribution in [0.5, 0.6) is 0 Å². The molecule has 7 heteroatoms. The minimum atomic E-state index is -0.229. The Kier molecular flexibility index (Phi) is 4.91. The van der Waals surface area contributed by atoms with Crippen LogP contribution in [-0.2, 0) is 12.8 Å². The van der Waals surface area contributed by atoms with Crippen molar-refractivity contribution in [3.8, 4) is 0 Å². The van der Waals surface area contributed by atoms with Gasteiger partial charge in [-0.25, -0.2) is 14.2 Å². The number of halogens is 1. The number of fused-ring (bicyclic) bond motifs is 3. The SMILES string of the molecule is CCCN1C(=O)N2CC(Cc3ccccc3F)N=C2c2[nH]c(CC(C)C)nc21. The van der Waals surface area contributed by atoms with Crippen molar-refractivity contribution in [2.24, 2.45) is 10.9 Å². The molecule has 1 aromatic carbocycles. The molecular weight excluding hydrogens is 357 g/mol. The molecule has 2 amide bonds. The third kappa shape index (κ3) is 3.30. The zero-order chi connectivity index (χ0) is 19.8. The molecule has 2 aromatic rings. The molecule has 0 fully saturated rings. The van der Waals surface area contributed by atoms with Crippen molar-refractivity contribution >= 4 is 17.7 Å². The van der Waals surface area contributed by atoms with Crippen LogP contribution in [0.3, 0.4) is 0 Å². The first-order valence-electron chi connectivity index (χ1n) is 9.97. The predicted molar refractivity (Wildman–Crippen MR) is 107 cm³/mol. The molecule has 3 heterocycles. The summed E-state index contributed by atoms with van der Waals surface area (Å²) < 4.78 is 14.1. The first kappa shape index (κ1) is 18.7. The number of hydrogen-bond acceptors (Lipinski definition) is 3.